The van der Waals surface area contributed by atoms with Crippen molar-refractivity contribution in [1.82, 2.24) is 9.97 Å². The molecule has 3 aromatic rings. The zero-order valence-electron chi connectivity index (χ0n) is 19.3. The molecule has 1 saturated heterocycles. The Labute approximate surface area is 204 Å². The summed E-state index contributed by atoms with van der Waals surface area (Å²) in [4.78, 5) is 23.4. The number of aliphatic hydroxyl groups is 1. The van der Waals surface area contributed by atoms with E-state index in [-0.39, 0.29) is 11.6 Å². The highest BCUT2D eigenvalue weighted by Gasteiger charge is 2.35. The van der Waals surface area contributed by atoms with Gasteiger partial charge in [-0.25, -0.2) is 23.1 Å². The van der Waals surface area contributed by atoms with E-state index in [1.54, 1.807) is 0 Å². The number of aliphatic hydroxyl groups excluding tert-OH is 1. The zero-order valence-corrected chi connectivity index (χ0v) is 19.3. The molecular formula is C25H24F3N5O3. The second kappa shape index (κ2) is 9.40. The highest BCUT2D eigenvalue weighted by molar-refractivity contribution is 6.05. The molecule has 2 aliphatic rings. The number of carbonyl (C=O) groups excluding carboxylic acids is 1. The van der Waals surface area contributed by atoms with Gasteiger partial charge in [-0.3, -0.25) is 4.79 Å². The first-order valence-electron chi connectivity index (χ1n) is 11.5. The van der Waals surface area contributed by atoms with E-state index in [0.717, 1.165) is 35.9 Å². The summed E-state index contributed by atoms with van der Waals surface area (Å²) in [5, 5.41) is 13.0. The number of fused-ring (bicyclic) bond motifs is 1. The lowest BCUT2D eigenvalue weighted by atomic mass is 9.92. The van der Waals surface area contributed by atoms with Gasteiger partial charge in [0.1, 0.15) is 28.8 Å². The third kappa shape index (κ3) is 4.24. The fraction of sp³-hybridized carbons (Fsp3) is 0.320. The molecular weight excluding hydrogens is 475 g/mol. The Bertz CT molecular complexity index is 1310. The number of piperidine rings is 1. The average molecular weight is 499 g/mol. The van der Waals surface area contributed by atoms with Crippen molar-refractivity contribution < 1.29 is 27.8 Å². The van der Waals surface area contributed by atoms with Crippen molar-refractivity contribution in [2.75, 3.05) is 29.9 Å². The summed E-state index contributed by atoms with van der Waals surface area (Å²) in [6.07, 6.45) is 1.35. The Morgan fingerprint density at radius 3 is 2.64 bits per heavy atom. The Hall–Kier alpha value is -3.70. The molecule has 0 aliphatic carbocycles. The molecule has 188 valence electrons. The Morgan fingerprint density at radius 1 is 1.17 bits per heavy atom. The number of nitrogens with one attached hydrogen (secondary N) is 1. The normalized spacial score (nSPS) is 21.2. The number of ether oxygens (including phenoxy) is 1. The van der Waals surface area contributed by atoms with Crippen molar-refractivity contribution >= 4 is 17.3 Å². The number of carbonyl (C=O) groups is 1. The van der Waals surface area contributed by atoms with Crippen LogP contribution in [0.5, 0.6) is 5.88 Å². The molecule has 0 bridgehead atoms. The quantitative estimate of drug-likeness (QED) is 0.506. The number of pyridine rings is 2. The predicted molar refractivity (Wildman–Crippen MR) is 126 cm³/mol. The van der Waals surface area contributed by atoms with Crippen LogP contribution in [0.15, 0.2) is 36.5 Å². The van der Waals surface area contributed by atoms with Gasteiger partial charge in [0.05, 0.1) is 35.8 Å². The Morgan fingerprint density at radius 2 is 1.92 bits per heavy atom. The molecule has 0 spiro atoms. The fourth-order valence-electron chi connectivity index (χ4n) is 4.73. The number of hydrogen-bond donors (Lipinski definition) is 3. The van der Waals surface area contributed by atoms with Gasteiger partial charge in [-0.15, -0.1) is 0 Å². The highest BCUT2D eigenvalue weighted by Crippen LogP contribution is 2.40. The molecule has 3 atom stereocenters. The van der Waals surface area contributed by atoms with Crippen LogP contribution in [0.4, 0.5) is 24.5 Å². The molecule has 4 heterocycles. The van der Waals surface area contributed by atoms with Crippen molar-refractivity contribution in [3.63, 3.8) is 0 Å². The summed E-state index contributed by atoms with van der Waals surface area (Å²) in [6, 6.07) is 4.69. The number of halogens is 3. The first-order valence-corrected chi connectivity index (χ1v) is 11.5. The van der Waals surface area contributed by atoms with Crippen LogP contribution in [-0.4, -0.2) is 52.8 Å². The molecule has 5 rings (SSSR count). The van der Waals surface area contributed by atoms with Gasteiger partial charge in [0, 0.05) is 37.0 Å². The summed E-state index contributed by atoms with van der Waals surface area (Å²) in [7, 11) is 0. The maximum atomic E-state index is 14.5. The minimum absolute atomic E-state index is 0.125. The first-order chi connectivity index (χ1) is 17.2. The first kappa shape index (κ1) is 24.0. The summed E-state index contributed by atoms with van der Waals surface area (Å²) in [5.41, 5.74) is 6.48. The average Bonchev–Trinajstić information content (AvgIpc) is 3.32. The molecule has 11 heteroatoms. The molecule has 1 fully saturated rings. The van der Waals surface area contributed by atoms with E-state index in [0.29, 0.717) is 43.4 Å². The number of rotatable bonds is 4. The summed E-state index contributed by atoms with van der Waals surface area (Å²) in [6.45, 7) is 3.15. The Kier molecular flexibility index (Phi) is 6.27. The van der Waals surface area contributed by atoms with Crippen molar-refractivity contribution in [2.45, 2.75) is 25.5 Å². The van der Waals surface area contributed by atoms with Crippen LogP contribution in [0.1, 0.15) is 23.0 Å². The topological polar surface area (TPSA) is 114 Å². The molecule has 36 heavy (non-hydrogen) atoms. The number of anilines is 2. The number of aromatic nitrogens is 2. The number of benzene rings is 1. The zero-order chi connectivity index (χ0) is 25.6. The van der Waals surface area contributed by atoms with E-state index in [4.69, 9.17) is 10.5 Å². The molecule has 0 saturated carbocycles. The predicted octanol–water partition coefficient (Wildman–Crippen LogP) is 2.89. The minimum Gasteiger partial charge on any atom is -0.477 e. The second-order valence-electron chi connectivity index (χ2n) is 9.02. The van der Waals surface area contributed by atoms with Crippen LogP contribution in [0.2, 0.25) is 0 Å². The van der Waals surface area contributed by atoms with E-state index in [2.05, 4.69) is 15.3 Å². The molecule has 8 nitrogen and oxygen atoms in total. The third-order valence-electron chi connectivity index (χ3n) is 6.50. The SMILES string of the molecule is CC1CN(c2c(NC(=O)c3ccc(F)c(-c4c(F)cccc4F)n3)cnc3c2CCO3)CC(N)C1O. The molecule has 1 aromatic carbocycles. The van der Waals surface area contributed by atoms with Crippen molar-refractivity contribution in [1.29, 1.82) is 0 Å². The minimum atomic E-state index is -0.998. The number of nitrogens with zero attached hydrogens (tertiary/aromatic N) is 3. The largest absolute Gasteiger partial charge is 0.477 e. The Balaban J connectivity index is 1.50. The van der Waals surface area contributed by atoms with Gasteiger partial charge in [0.2, 0.25) is 5.88 Å². The van der Waals surface area contributed by atoms with Crippen molar-refractivity contribution in [3.8, 4) is 17.1 Å². The van der Waals surface area contributed by atoms with E-state index < -0.39 is 46.8 Å². The van der Waals surface area contributed by atoms with Gasteiger partial charge in [-0.05, 0) is 24.3 Å². The molecule has 3 unspecified atom stereocenters. The second-order valence-corrected chi connectivity index (χ2v) is 9.02. The lowest BCUT2D eigenvalue weighted by molar-refractivity contribution is 0.0785. The van der Waals surface area contributed by atoms with E-state index in [1.165, 1.54) is 6.20 Å². The van der Waals surface area contributed by atoms with Gasteiger partial charge in [0.15, 0.2) is 0 Å². The van der Waals surface area contributed by atoms with E-state index >= 15 is 0 Å². The van der Waals surface area contributed by atoms with Crippen LogP contribution >= 0.6 is 0 Å². The lowest BCUT2D eigenvalue weighted by Crippen LogP contribution is -2.56. The maximum Gasteiger partial charge on any atom is 0.274 e. The lowest BCUT2D eigenvalue weighted by Gasteiger charge is -2.41. The van der Waals surface area contributed by atoms with Gasteiger partial charge >= 0.3 is 0 Å². The third-order valence-corrected chi connectivity index (χ3v) is 6.50. The smallest absolute Gasteiger partial charge is 0.274 e. The fourth-order valence-corrected chi connectivity index (χ4v) is 4.73. The summed E-state index contributed by atoms with van der Waals surface area (Å²) in [5.74, 6) is -3.36. The van der Waals surface area contributed by atoms with Crippen molar-refractivity contribution in [2.24, 2.45) is 11.7 Å². The van der Waals surface area contributed by atoms with Crippen LogP contribution in [-0.2, 0) is 6.42 Å². The van der Waals surface area contributed by atoms with Crippen LogP contribution in [0.25, 0.3) is 11.3 Å². The molecule has 2 aromatic heterocycles. The molecule has 0 radical (unpaired) electrons. The molecule has 4 N–H and O–H groups in total. The number of amides is 1. The monoisotopic (exact) mass is 499 g/mol. The standard InChI is InChI=1S/C25H24F3N5O3/c1-12-10-33(11-17(29)23(12)34)22-13-7-8-36-25(13)30-9-19(22)32-24(35)18-6-5-16(28)21(31-18)20-14(26)3-2-4-15(20)27/h2-6,9,12,17,23,34H,7-8,10-11,29H2,1H3,(H,32,35). The summed E-state index contributed by atoms with van der Waals surface area (Å²) < 4.78 is 48.6. The summed E-state index contributed by atoms with van der Waals surface area (Å²) >= 11 is 0. The highest BCUT2D eigenvalue weighted by atomic mass is 19.1. The molecule has 1 amide bonds. The number of hydrogen-bond acceptors (Lipinski definition) is 7. The van der Waals surface area contributed by atoms with Gasteiger partial charge in [-0.1, -0.05) is 13.0 Å². The van der Waals surface area contributed by atoms with Crippen LogP contribution in [0.3, 0.4) is 0 Å². The maximum absolute atomic E-state index is 14.5. The van der Waals surface area contributed by atoms with Gasteiger partial charge < -0.3 is 25.8 Å². The van der Waals surface area contributed by atoms with Crippen LogP contribution in [0, 0.1) is 23.4 Å². The van der Waals surface area contributed by atoms with E-state index in [9.17, 15) is 23.1 Å². The van der Waals surface area contributed by atoms with Gasteiger partial charge in [0.25, 0.3) is 5.91 Å². The van der Waals surface area contributed by atoms with Crippen LogP contribution < -0.4 is 20.7 Å². The number of nitrogens with two attached hydrogens (primary N) is 1. The van der Waals surface area contributed by atoms with Crippen molar-refractivity contribution in [3.05, 3.63) is 65.2 Å². The van der Waals surface area contributed by atoms with E-state index in [1.807, 2.05) is 11.8 Å². The van der Waals surface area contributed by atoms with Gasteiger partial charge in [-0.2, -0.15) is 0 Å². The molecule has 2 aliphatic heterocycles.